The van der Waals surface area contributed by atoms with Crippen molar-refractivity contribution in [2.75, 3.05) is 6.61 Å². The molecular formula is C20H18Cl3NO2S. The summed E-state index contributed by atoms with van der Waals surface area (Å²) in [7, 11) is 0. The second kappa shape index (κ2) is 10.1. The fourth-order valence-electron chi connectivity index (χ4n) is 2.54. The normalized spacial score (nSPS) is 10.3. The van der Waals surface area contributed by atoms with Gasteiger partial charge in [0.15, 0.2) is 12.2 Å². The van der Waals surface area contributed by atoms with Crippen LogP contribution in [0.5, 0.6) is 0 Å². The summed E-state index contributed by atoms with van der Waals surface area (Å²) in [6.07, 6.45) is 0.698. The summed E-state index contributed by atoms with van der Waals surface area (Å²) in [6, 6.07) is 14.6. The van der Waals surface area contributed by atoms with Gasteiger partial charge in [-0.15, -0.1) is 0 Å². The highest BCUT2D eigenvalue weighted by atomic mass is 35.5. The lowest BCUT2D eigenvalue weighted by atomic mass is 10.2. The maximum absolute atomic E-state index is 12.0. The number of rotatable bonds is 6. The average molecular weight is 443 g/mol. The van der Waals surface area contributed by atoms with Crippen molar-refractivity contribution < 1.29 is 26.5 Å². The molecule has 0 unspecified atom stereocenters. The Balaban J connectivity index is 0.00000261. The Hall–Kier alpha value is -1.59. The predicted molar refractivity (Wildman–Crippen MR) is 105 cm³/mol. The van der Waals surface area contributed by atoms with Crippen LogP contribution in [-0.4, -0.2) is 12.6 Å². The Morgan fingerprint density at radius 3 is 2.26 bits per heavy atom. The Labute approximate surface area is 178 Å². The topological polar surface area (TPSA) is 30.2 Å². The first-order valence-corrected chi connectivity index (χ1v) is 9.80. The van der Waals surface area contributed by atoms with E-state index in [2.05, 4.69) is 17.0 Å². The molecule has 2 aromatic carbocycles. The van der Waals surface area contributed by atoms with Gasteiger partial charge in [-0.05, 0) is 36.4 Å². The summed E-state index contributed by atoms with van der Waals surface area (Å²) in [6.45, 7) is 3.23. The minimum Gasteiger partial charge on any atom is -1.00 e. The zero-order valence-corrected chi connectivity index (χ0v) is 17.7. The molecule has 0 spiro atoms. The SMILES string of the molecule is Cc1c(CCOC(=O)c2ccc(Cl)cc2)sc[n+]1Cc1ccc(Cl)cc1.[Cl-]. The van der Waals surface area contributed by atoms with E-state index in [1.54, 1.807) is 35.6 Å². The van der Waals surface area contributed by atoms with Crippen LogP contribution in [0.1, 0.15) is 26.5 Å². The van der Waals surface area contributed by atoms with E-state index in [0.29, 0.717) is 23.6 Å². The molecule has 27 heavy (non-hydrogen) atoms. The molecule has 0 saturated carbocycles. The molecule has 0 radical (unpaired) electrons. The van der Waals surface area contributed by atoms with Crippen LogP contribution in [0.2, 0.25) is 10.0 Å². The number of benzene rings is 2. The first-order valence-electron chi connectivity index (χ1n) is 8.16. The number of ether oxygens (including phenoxy) is 1. The summed E-state index contributed by atoms with van der Waals surface area (Å²) in [5.74, 6) is -0.329. The van der Waals surface area contributed by atoms with E-state index in [-0.39, 0.29) is 18.4 Å². The van der Waals surface area contributed by atoms with Crippen LogP contribution >= 0.6 is 34.5 Å². The molecule has 1 heterocycles. The van der Waals surface area contributed by atoms with Gasteiger partial charge in [-0.1, -0.05) is 46.7 Å². The minimum atomic E-state index is -0.329. The zero-order valence-electron chi connectivity index (χ0n) is 14.6. The first kappa shape index (κ1) is 21.7. The van der Waals surface area contributed by atoms with Gasteiger partial charge in [0.05, 0.1) is 17.0 Å². The van der Waals surface area contributed by atoms with Gasteiger partial charge in [-0.3, -0.25) is 0 Å². The molecule has 3 aromatic rings. The number of aromatic nitrogens is 1. The zero-order chi connectivity index (χ0) is 18.5. The van der Waals surface area contributed by atoms with Crippen molar-refractivity contribution in [3.8, 4) is 0 Å². The van der Waals surface area contributed by atoms with Crippen molar-refractivity contribution in [1.82, 2.24) is 0 Å². The molecule has 0 aliphatic carbocycles. The fraction of sp³-hybridized carbons (Fsp3) is 0.200. The highest BCUT2D eigenvalue weighted by Gasteiger charge is 2.16. The summed E-state index contributed by atoms with van der Waals surface area (Å²) < 4.78 is 7.57. The van der Waals surface area contributed by atoms with E-state index >= 15 is 0 Å². The van der Waals surface area contributed by atoms with Crippen molar-refractivity contribution in [3.05, 3.63) is 85.8 Å². The van der Waals surface area contributed by atoms with Crippen molar-refractivity contribution in [3.63, 3.8) is 0 Å². The maximum atomic E-state index is 12.0. The molecule has 3 rings (SSSR count). The monoisotopic (exact) mass is 441 g/mol. The lowest BCUT2D eigenvalue weighted by molar-refractivity contribution is -0.689. The Morgan fingerprint density at radius 1 is 1.04 bits per heavy atom. The lowest BCUT2D eigenvalue weighted by Gasteiger charge is -2.04. The van der Waals surface area contributed by atoms with Crippen LogP contribution in [0, 0.1) is 6.92 Å². The highest BCUT2D eigenvalue weighted by molar-refractivity contribution is 7.09. The van der Waals surface area contributed by atoms with Gasteiger partial charge in [0.25, 0.3) is 0 Å². The second-order valence-electron chi connectivity index (χ2n) is 5.88. The van der Waals surface area contributed by atoms with Crippen LogP contribution in [-0.2, 0) is 17.7 Å². The first-order chi connectivity index (χ1) is 12.5. The van der Waals surface area contributed by atoms with Crippen LogP contribution in [0.25, 0.3) is 0 Å². The quantitative estimate of drug-likeness (QED) is 0.432. The third-order valence-electron chi connectivity index (χ3n) is 4.06. The van der Waals surface area contributed by atoms with E-state index in [4.69, 9.17) is 27.9 Å². The predicted octanol–water partition coefficient (Wildman–Crippen LogP) is 2.10. The molecule has 0 N–H and O–H groups in total. The molecule has 142 valence electrons. The van der Waals surface area contributed by atoms with Crippen molar-refractivity contribution >= 4 is 40.5 Å². The molecule has 7 heteroatoms. The van der Waals surface area contributed by atoms with Gasteiger partial charge in [0.1, 0.15) is 0 Å². The number of esters is 1. The molecule has 0 bridgehead atoms. The van der Waals surface area contributed by atoms with E-state index in [9.17, 15) is 4.79 Å². The third kappa shape index (κ3) is 5.94. The van der Waals surface area contributed by atoms with Gasteiger partial charge in [-0.2, -0.15) is 4.57 Å². The number of carbonyl (C=O) groups excluding carboxylic acids is 1. The van der Waals surface area contributed by atoms with Crippen molar-refractivity contribution in [2.24, 2.45) is 0 Å². The molecule has 0 fully saturated rings. The molecule has 1 aromatic heterocycles. The molecular weight excluding hydrogens is 425 g/mol. The van der Waals surface area contributed by atoms with Gasteiger partial charge >= 0.3 is 5.97 Å². The second-order valence-corrected chi connectivity index (χ2v) is 7.69. The number of thiazole rings is 1. The molecule has 0 atom stereocenters. The van der Waals surface area contributed by atoms with Crippen molar-refractivity contribution in [2.45, 2.75) is 19.9 Å². The fourth-order valence-corrected chi connectivity index (χ4v) is 3.77. The van der Waals surface area contributed by atoms with Gasteiger partial charge in [0, 0.05) is 29.0 Å². The molecule has 0 amide bonds. The third-order valence-corrected chi connectivity index (χ3v) is 5.71. The Morgan fingerprint density at radius 2 is 1.63 bits per heavy atom. The van der Waals surface area contributed by atoms with Gasteiger partial charge in [0.2, 0.25) is 5.51 Å². The molecule has 3 nitrogen and oxygen atoms in total. The molecule has 0 aliphatic heterocycles. The van der Waals surface area contributed by atoms with E-state index in [1.807, 2.05) is 24.3 Å². The van der Waals surface area contributed by atoms with E-state index < -0.39 is 0 Å². The molecule has 0 aliphatic rings. The van der Waals surface area contributed by atoms with Crippen LogP contribution in [0.15, 0.2) is 54.0 Å². The standard InChI is InChI=1S/C20H18Cl2NO2S.ClH/c1-14-19(10-11-25-20(24)16-4-8-18(22)9-5-16)26-13-23(14)12-15-2-6-17(21)7-3-15;/h2-9,13H,10-12H2,1H3;1H/q+1;/p-1. The van der Waals surface area contributed by atoms with E-state index in [0.717, 1.165) is 11.6 Å². The van der Waals surface area contributed by atoms with Crippen molar-refractivity contribution in [1.29, 1.82) is 0 Å². The smallest absolute Gasteiger partial charge is 0.338 e. The summed E-state index contributed by atoms with van der Waals surface area (Å²) >= 11 is 13.4. The maximum Gasteiger partial charge on any atom is 0.338 e. The number of hydrogen-bond acceptors (Lipinski definition) is 3. The number of nitrogens with zero attached hydrogens (tertiary/aromatic N) is 1. The van der Waals surface area contributed by atoms with Crippen LogP contribution in [0.4, 0.5) is 0 Å². The summed E-state index contributed by atoms with van der Waals surface area (Å²) in [5, 5.41) is 1.34. The largest absolute Gasteiger partial charge is 1.00 e. The van der Waals surface area contributed by atoms with Gasteiger partial charge < -0.3 is 17.1 Å². The molecule has 0 saturated heterocycles. The minimum absolute atomic E-state index is 0. The lowest BCUT2D eigenvalue weighted by Crippen LogP contribution is -3.00. The van der Waals surface area contributed by atoms with Crippen LogP contribution < -0.4 is 17.0 Å². The van der Waals surface area contributed by atoms with Crippen LogP contribution in [0.3, 0.4) is 0 Å². The average Bonchev–Trinajstić information content (AvgIpc) is 2.97. The summed E-state index contributed by atoms with van der Waals surface area (Å²) in [4.78, 5) is 13.2. The summed E-state index contributed by atoms with van der Waals surface area (Å²) in [5.41, 5.74) is 4.99. The number of halogens is 3. The highest BCUT2D eigenvalue weighted by Crippen LogP contribution is 2.15. The Kier molecular flexibility index (Phi) is 8.11. The Bertz CT molecular complexity index is 893. The number of hydrogen-bond donors (Lipinski definition) is 0. The number of carbonyl (C=O) groups is 1. The van der Waals surface area contributed by atoms with Gasteiger partial charge in [-0.25, -0.2) is 4.79 Å². The van der Waals surface area contributed by atoms with E-state index in [1.165, 1.54) is 16.1 Å².